The first-order valence-corrected chi connectivity index (χ1v) is 5.20. The van der Waals surface area contributed by atoms with Crippen LogP contribution in [0, 0.1) is 0 Å². The Bertz CT molecular complexity index is 196. The van der Waals surface area contributed by atoms with Crippen LogP contribution < -0.4 is 0 Å². The summed E-state index contributed by atoms with van der Waals surface area (Å²) in [7, 11) is 2.04. The van der Waals surface area contributed by atoms with Crippen LogP contribution in [0.15, 0.2) is 0 Å². The summed E-state index contributed by atoms with van der Waals surface area (Å²) < 4.78 is 5.40. The number of hydrogen-bond acceptors (Lipinski definition) is 3. The molecule has 1 aliphatic rings. The van der Waals surface area contributed by atoms with E-state index in [1.165, 1.54) is 0 Å². The maximum atomic E-state index is 10.6. The predicted octanol–water partition coefficient (Wildman–Crippen LogP) is 0.960. The van der Waals surface area contributed by atoms with E-state index in [0.29, 0.717) is 6.42 Å². The lowest BCUT2D eigenvalue weighted by Crippen LogP contribution is -2.31. The maximum absolute atomic E-state index is 10.6. The number of hydrogen-bond donors (Lipinski definition) is 1. The van der Waals surface area contributed by atoms with Crippen LogP contribution in [0.1, 0.15) is 26.2 Å². The van der Waals surface area contributed by atoms with Gasteiger partial charge in [0.15, 0.2) is 6.10 Å². The summed E-state index contributed by atoms with van der Waals surface area (Å²) in [6, 6.07) is 0. The van der Waals surface area contributed by atoms with Gasteiger partial charge in [0.1, 0.15) is 0 Å². The van der Waals surface area contributed by atoms with Crippen LogP contribution in [0.4, 0.5) is 0 Å². The Morgan fingerprint density at radius 3 is 2.79 bits per heavy atom. The molecule has 1 rings (SSSR count). The van der Waals surface area contributed by atoms with Crippen molar-refractivity contribution in [3.63, 3.8) is 0 Å². The zero-order valence-electron chi connectivity index (χ0n) is 8.90. The van der Waals surface area contributed by atoms with Crippen molar-refractivity contribution in [3.05, 3.63) is 0 Å². The third-order valence-electron chi connectivity index (χ3n) is 2.50. The van der Waals surface area contributed by atoms with Crippen LogP contribution in [-0.2, 0) is 9.53 Å². The Kier molecular flexibility index (Phi) is 4.35. The fourth-order valence-corrected chi connectivity index (χ4v) is 1.84. The highest BCUT2D eigenvalue weighted by Gasteiger charge is 2.30. The molecule has 82 valence electrons. The van der Waals surface area contributed by atoms with E-state index in [1.807, 2.05) is 7.05 Å². The second kappa shape index (κ2) is 5.32. The Morgan fingerprint density at radius 1 is 1.57 bits per heavy atom. The molecule has 4 heteroatoms. The molecule has 1 saturated heterocycles. The minimum absolute atomic E-state index is 0.104. The first-order chi connectivity index (χ1) is 6.63. The average Bonchev–Trinajstić information content (AvgIpc) is 2.53. The predicted molar refractivity (Wildman–Crippen MR) is 53.3 cm³/mol. The Labute approximate surface area is 84.8 Å². The third kappa shape index (κ3) is 3.27. The summed E-state index contributed by atoms with van der Waals surface area (Å²) in [5, 5.41) is 8.73. The number of ether oxygens (including phenoxy) is 1. The van der Waals surface area contributed by atoms with Crippen LogP contribution in [0.5, 0.6) is 0 Å². The van der Waals surface area contributed by atoms with Crippen molar-refractivity contribution in [2.75, 3.05) is 20.1 Å². The summed E-state index contributed by atoms with van der Waals surface area (Å²) in [6.07, 6.45) is 2.17. The van der Waals surface area contributed by atoms with E-state index in [4.69, 9.17) is 9.84 Å². The summed E-state index contributed by atoms with van der Waals surface area (Å²) in [4.78, 5) is 12.8. The van der Waals surface area contributed by atoms with Gasteiger partial charge in [-0.3, -0.25) is 0 Å². The molecule has 4 nitrogen and oxygen atoms in total. The van der Waals surface area contributed by atoms with Gasteiger partial charge in [0.05, 0.1) is 6.10 Å². The minimum Gasteiger partial charge on any atom is -0.479 e. The first-order valence-electron chi connectivity index (χ1n) is 5.20. The monoisotopic (exact) mass is 201 g/mol. The van der Waals surface area contributed by atoms with E-state index in [9.17, 15) is 4.79 Å². The molecular weight excluding hydrogens is 182 g/mol. The molecule has 2 atom stereocenters. The lowest BCUT2D eigenvalue weighted by atomic mass is 10.2. The SMILES string of the molecule is CCCN(C)C[C@H]1CC[C@@H](C(=O)O)O1. The van der Waals surface area contributed by atoms with Gasteiger partial charge in [0.2, 0.25) is 0 Å². The first kappa shape index (κ1) is 11.5. The van der Waals surface area contributed by atoms with Crippen molar-refractivity contribution in [3.8, 4) is 0 Å². The van der Waals surface area contributed by atoms with Crippen molar-refractivity contribution in [2.45, 2.75) is 38.4 Å². The van der Waals surface area contributed by atoms with Crippen molar-refractivity contribution < 1.29 is 14.6 Å². The highest BCUT2D eigenvalue weighted by atomic mass is 16.5. The summed E-state index contributed by atoms with van der Waals surface area (Å²) in [6.45, 7) is 4.02. The van der Waals surface area contributed by atoms with Gasteiger partial charge in [-0.15, -0.1) is 0 Å². The third-order valence-corrected chi connectivity index (χ3v) is 2.50. The molecule has 0 amide bonds. The smallest absolute Gasteiger partial charge is 0.332 e. The lowest BCUT2D eigenvalue weighted by molar-refractivity contribution is -0.149. The van der Waals surface area contributed by atoms with Gasteiger partial charge in [-0.1, -0.05) is 6.92 Å². The largest absolute Gasteiger partial charge is 0.479 e. The number of likely N-dealkylation sites (N-methyl/N-ethyl adjacent to an activating group) is 1. The Balaban J connectivity index is 2.25. The molecule has 0 unspecified atom stereocenters. The Hall–Kier alpha value is -0.610. The minimum atomic E-state index is -0.828. The van der Waals surface area contributed by atoms with Gasteiger partial charge in [-0.05, 0) is 32.9 Å². The number of nitrogens with zero attached hydrogens (tertiary/aromatic N) is 1. The molecular formula is C10H19NO3. The molecule has 0 spiro atoms. The molecule has 0 radical (unpaired) electrons. The maximum Gasteiger partial charge on any atom is 0.332 e. The topological polar surface area (TPSA) is 49.8 Å². The van der Waals surface area contributed by atoms with Gasteiger partial charge in [0.25, 0.3) is 0 Å². The van der Waals surface area contributed by atoms with Crippen molar-refractivity contribution >= 4 is 5.97 Å². The molecule has 0 aromatic carbocycles. The summed E-state index contributed by atoms with van der Waals surface area (Å²) >= 11 is 0. The number of rotatable bonds is 5. The second-order valence-corrected chi connectivity index (χ2v) is 3.92. The fraction of sp³-hybridized carbons (Fsp3) is 0.900. The molecule has 0 aromatic rings. The molecule has 0 aliphatic carbocycles. The summed E-state index contributed by atoms with van der Waals surface area (Å²) in [5.74, 6) is -0.828. The van der Waals surface area contributed by atoms with Gasteiger partial charge < -0.3 is 14.7 Å². The van der Waals surface area contributed by atoms with Crippen LogP contribution in [0.2, 0.25) is 0 Å². The highest BCUT2D eigenvalue weighted by molar-refractivity contribution is 5.72. The zero-order chi connectivity index (χ0) is 10.6. The van der Waals surface area contributed by atoms with E-state index in [0.717, 1.165) is 25.9 Å². The Morgan fingerprint density at radius 2 is 2.29 bits per heavy atom. The molecule has 0 saturated carbocycles. The van der Waals surface area contributed by atoms with Crippen LogP contribution >= 0.6 is 0 Å². The van der Waals surface area contributed by atoms with Crippen LogP contribution in [0.3, 0.4) is 0 Å². The van der Waals surface area contributed by atoms with Crippen molar-refractivity contribution in [2.24, 2.45) is 0 Å². The van der Waals surface area contributed by atoms with Crippen LogP contribution in [0.25, 0.3) is 0 Å². The average molecular weight is 201 g/mol. The van der Waals surface area contributed by atoms with Gasteiger partial charge in [-0.2, -0.15) is 0 Å². The van der Waals surface area contributed by atoms with Gasteiger partial charge >= 0.3 is 5.97 Å². The normalized spacial score (nSPS) is 27.1. The fourth-order valence-electron chi connectivity index (χ4n) is 1.84. The number of carbonyl (C=O) groups is 1. The zero-order valence-corrected chi connectivity index (χ0v) is 8.90. The van der Waals surface area contributed by atoms with E-state index in [1.54, 1.807) is 0 Å². The molecule has 14 heavy (non-hydrogen) atoms. The molecule has 1 N–H and O–H groups in total. The van der Waals surface area contributed by atoms with E-state index >= 15 is 0 Å². The standard InChI is InChI=1S/C10H19NO3/c1-3-6-11(2)7-8-4-5-9(14-8)10(12)13/h8-9H,3-7H2,1-2H3,(H,12,13)/t8-,9+/m1/s1. The second-order valence-electron chi connectivity index (χ2n) is 3.92. The van der Waals surface area contributed by atoms with E-state index < -0.39 is 12.1 Å². The van der Waals surface area contributed by atoms with E-state index in [2.05, 4.69) is 11.8 Å². The number of carboxylic acids is 1. The molecule has 1 heterocycles. The van der Waals surface area contributed by atoms with Crippen molar-refractivity contribution in [1.82, 2.24) is 4.90 Å². The van der Waals surface area contributed by atoms with Gasteiger partial charge in [0, 0.05) is 6.54 Å². The molecule has 1 aliphatic heterocycles. The highest BCUT2D eigenvalue weighted by Crippen LogP contribution is 2.20. The van der Waals surface area contributed by atoms with Crippen molar-refractivity contribution in [1.29, 1.82) is 0 Å². The lowest BCUT2D eigenvalue weighted by Gasteiger charge is -2.19. The van der Waals surface area contributed by atoms with Crippen LogP contribution in [-0.4, -0.2) is 48.3 Å². The molecule has 1 fully saturated rings. The molecule has 0 bridgehead atoms. The quantitative estimate of drug-likeness (QED) is 0.719. The number of carboxylic acid groups (broad SMARTS) is 1. The van der Waals surface area contributed by atoms with E-state index in [-0.39, 0.29) is 6.10 Å². The number of aliphatic carboxylic acids is 1. The van der Waals surface area contributed by atoms with Gasteiger partial charge in [-0.25, -0.2) is 4.79 Å². The summed E-state index contributed by atoms with van der Waals surface area (Å²) in [5.41, 5.74) is 0. The molecule has 0 aromatic heterocycles.